The Kier molecular flexibility index (Phi) is 5.90. The second kappa shape index (κ2) is 8.11. The molecule has 0 radical (unpaired) electrons. The fourth-order valence-corrected chi connectivity index (χ4v) is 1.97. The van der Waals surface area contributed by atoms with Crippen LogP contribution in [0.15, 0.2) is 42.5 Å². The van der Waals surface area contributed by atoms with Gasteiger partial charge in [-0.05, 0) is 24.3 Å². The second-order valence-electron chi connectivity index (χ2n) is 4.89. The van der Waals surface area contributed by atoms with Crippen molar-refractivity contribution in [3.05, 3.63) is 48.0 Å². The third-order valence-corrected chi connectivity index (χ3v) is 3.00. The minimum Gasteiger partial charge on any atom is -0.493 e. The van der Waals surface area contributed by atoms with Crippen molar-refractivity contribution in [3.8, 4) is 23.3 Å². The number of hydrogen-bond acceptors (Lipinski definition) is 5. The van der Waals surface area contributed by atoms with Crippen LogP contribution in [0.1, 0.15) is 5.56 Å². The molecule has 0 aliphatic rings. The number of nitrogens with zero attached hydrogens (tertiary/aromatic N) is 1. The monoisotopic (exact) mass is 366 g/mol. The van der Waals surface area contributed by atoms with E-state index in [1.54, 1.807) is 0 Å². The van der Waals surface area contributed by atoms with E-state index in [1.807, 2.05) is 6.07 Å². The molecule has 0 aliphatic carbocycles. The molecule has 1 N–H and O–H groups in total. The van der Waals surface area contributed by atoms with Crippen LogP contribution < -0.4 is 19.5 Å². The van der Waals surface area contributed by atoms with Gasteiger partial charge >= 0.3 is 6.36 Å². The molecule has 26 heavy (non-hydrogen) atoms. The highest BCUT2D eigenvalue weighted by Gasteiger charge is 2.31. The Labute approximate surface area is 146 Å². The van der Waals surface area contributed by atoms with Crippen molar-refractivity contribution in [2.75, 3.05) is 19.0 Å². The van der Waals surface area contributed by atoms with E-state index >= 15 is 0 Å². The Hall–Kier alpha value is -3.41. The SMILES string of the molecule is COc1cc(C#N)ccc1OCC(=O)Nc1cccc(OC(F)(F)F)c1. The summed E-state index contributed by atoms with van der Waals surface area (Å²) in [5, 5.41) is 11.2. The molecule has 0 bridgehead atoms. The Morgan fingerprint density at radius 1 is 1.19 bits per heavy atom. The Balaban J connectivity index is 1.97. The molecule has 6 nitrogen and oxygen atoms in total. The number of amides is 1. The van der Waals surface area contributed by atoms with Crippen molar-refractivity contribution in [3.63, 3.8) is 0 Å². The molecule has 2 aromatic rings. The molecule has 1 amide bonds. The molecule has 0 atom stereocenters. The fraction of sp³-hybridized carbons (Fsp3) is 0.176. The number of alkyl halides is 3. The predicted molar refractivity (Wildman–Crippen MR) is 85.0 cm³/mol. The van der Waals surface area contributed by atoms with E-state index in [0.717, 1.165) is 12.1 Å². The summed E-state index contributed by atoms with van der Waals surface area (Å²) in [5.74, 6) is -0.529. The average Bonchev–Trinajstić information content (AvgIpc) is 2.58. The molecular weight excluding hydrogens is 353 g/mol. The van der Waals surface area contributed by atoms with Gasteiger partial charge in [-0.3, -0.25) is 4.79 Å². The lowest BCUT2D eigenvalue weighted by Gasteiger charge is -2.12. The van der Waals surface area contributed by atoms with Gasteiger partial charge in [0.05, 0.1) is 18.7 Å². The number of ether oxygens (including phenoxy) is 3. The summed E-state index contributed by atoms with van der Waals surface area (Å²) in [6, 6.07) is 11.2. The average molecular weight is 366 g/mol. The zero-order chi connectivity index (χ0) is 19.2. The van der Waals surface area contributed by atoms with Crippen LogP contribution in [-0.4, -0.2) is 26.0 Å². The standard InChI is InChI=1S/C17H13F3N2O4/c1-24-15-7-11(9-21)5-6-14(15)25-10-16(23)22-12-3-2-4-13(8-12)26-17(18,19)20/h2-8H,10H2,1H3,(H,22,23). The van der Waals surface area contributed by atoms with Gasteiger partial charge in [-0.1, -0.05) is 6.07 Å². The lowest BCUT2D eigenvalue weighted by Crippen LogP contribution is -2.21. The summed E-state index contributed by atoms with van der Waals surface area (Å²) in [4.78, 5) is 11.9. The van der Waals surface area contributed by atoms with Crippen molar-refractivity contribution >= 4 is 11.6 Å². The topological polar surface area (TPSA) is 80.6 Å². The fourth-order valence-electron chi connectivity index (χ4n) is 1.97. The number of benzene rings is 2. The molecule has 0 fully saturated rings. The number of nitrogens with one attached hydrogen (secondary N) is 1. The van der Waals surface area contributed by atoms with E-state index in [2.05, 4.69) is 10.1 Å². The van der Waals surface area contributed by atoms with Crippen molar-refractivity contribution in [1.82, 2.24) is 0 Å². The third kappa shape index (κ3) is 5.59. The minimum atomic E-state index is -4.82. The second-order valence-corrected chi connectivity index (χ2v) is 4.89. The lowest BCUT2D eigenvalue weighted by molar-refractivity contribution is -0.274. The van der Waals surface area contributed by atoms with Crippen molar-refractivity contribution in [1.29, 1.82) is 5.26 Å². The van der Waals surface area contributed by atoms with Crippen LogP contribution in [0, 0.1) is 11.3 Å². The Morgan fingerprint density at radius 2 is 1.96 bits per heavy atom. The van der Waals surface area contributed by atoms with Crippen molar-refractivity contribution < 1.29 is 32.2 Å². The van der Waals surface area contributed by atoms with E-state index in [4.69, 9.17) is 14.7 Å². The number of carbonyl (C=O) groups excluding carboxylic acids is 1. The van der Waals surface area contributed by atoms with Gasteiger partial charge in [0.25, 0.3) is 5.91 Å². The van der Waals surface area contributed by atoms with Crippen LogP contribution in [0.2, 0.25) is 0 Å². The molecule has 2 rings (SSSR count). The van der Waals surface area contributed by atoms with Gasteiger partial charge in [0.2, 0.25) is 0 Å². The van der Waals surface area contributed by atoms with Gasteiger partial charge in [-0.2, -0.15) is 5.26 Å². The molecule has 0 spiro atoms. The Morgan fingerprint density at radius 3 is 2.62 bits per heavy atom. The number of carbonyl (C=O) groups is 1. The summed E-state index contributed by atoms with van der Waals surface area (Å²) in [5.41, 5.74) is 0.479. The van der Waals surface area contributed by atoms with Gasteiger partial charge in [-0.25, -0.2) is 0 Å². The molecular formula is C17H13F3N2O4. The van der Waals surface area contributed by atoms with Crippen LogP contribution in [-0.2, 0) is 4.79 Å². The maximum absolute atomic E-state index is 12.2. The molecule has 0 saturated heterocycles. The van der Waals surface area contributed by atoms with Gasteiger partial charge in [-0.15, -0.1) is 13.2 Å². The maximum Gasteiger partial charge on any atom is 0.573 e. The Bertz CT molecular complexity index is 831. The molecule has 0 aromatic heterocycles. The number of methoxy groups -OCH3 is 1. The quantitative estimate of drug-likeness (QED) is 0.847. The lowest BCUT2D eigenvalue weighted by atomic mass is 10.2. The van der Waals surface area contributed by atoms with Crippen LogP contribution in [0.4, 0.5) is 18.9 Å². The summed E-state index contributed by atoms with van der Waals surface area (Å²) in [7, 11) is 1.38. The number of rotatable bonds is 6. The highest BCUT2D eigenvalue weighted by atomic mass is 19.4. The summed E-state index contributed by atoms with van der Waals surface area (Å²) in [6.07, 6.45) is -4.82. The predicted octanol–water partition coefficient (Wildman–Crippen LogP) is 3.48. The van der Waals surface area contributed by atoms with Gasteiger partial charge in [0.1, 0.15) is 5.75 Å². The zero-order valence-corrected chi connectivity index (χ0v) is 13.5. The number of halogens is 3. The largest absolute Gasteiger partial charge is 0.573 e. The normalized spacial score (nSPS) is 10.6. The summed E-state index contributed by atoms with van der Waals surface area (Å²) < 4.78 is 50.8. The van der Waals surface area contributed by atoms with E-state index in [0.29, 0.717) is 5.56 Å². The van der Waals surface area contributed by atoms with Crippen molar-refractivity contribution in [2.45, 2.75) is 6.36 Å². The summed E-state index contributed by atoms with van der Waals surface area (Å²) >= 11 is 0. The highest BCUT2D eigenvalue weighted by molar-refractivity contribution is 5.92. The molecule has 0 aliphatic heterocycles. The molecule has 0 unspecified atom stereocenters. The first-order valence-electron chi connectivity index (χ1n) is 7.17. The summed E-state index contributed by atoms with van der Waals surface area (Å²) in [6.45, 7) is -0.410. The minimum absolute atomic E-state index is 0.118. The van der Waals surface area contributed by atoms with E-state index in [1.165, 1.54) is 37.4 Å². The number of hydrogen-bond donors (Lipinski definition) is 1. The molecule has 2 aromatic carbocycles. The van der Waals surface area contributed by atoms with Crippen LogP contribution in [0.5, 0.6) is 17.2 Å². The van der Waals surface area contributed by atoms with Crippen LogP contribution >= 0.6 is 0 Å². The first kappa shape index (κ1) is 18.9. The van der Waals surface area contributed by atoms with Gasteiger partial charge in [0, 0.05) is 17.8 Å². The van der Waals surface area contributed by atoms with Crippen LogP contribution in [0.3, 0.4) is 0 Å². The van der Waals surface area contributed by atoms with Gasteiger partial charge in [0.15, 0.2) is 18.1 Å². The molecule has 0 saturated carbocycles. The molecule has 0 heterocycles. The van der Waals surface area contributed by atoms with Crippen LogP contribution in [0.25, 0.3) is 0 Å². The third-order valence-electron chi connectivity index (χ3n) is 3.00. The van der Waals surface area contributed by atoms with E-state index < -0.39 is 24.6 Å². The number of nitriles is 1. The molecule has 9 heteroatoms. The highest BCUT2D eigenvalue weighted by Crippen LogP contribution is 2.28. The van der Waals surface area contributed by atoms with Crippen molar-refractivity contribution in [2.24, 2.45) is 0 Å². The van der Waals surface area contributed by atoms with E-state index in [-0.39, 0.29) is 17.2 Å². The smallest absolute Gasteiger partial charge is 0.493 e. The zero-order valence-electron chi connectivity index (χ0n) is 13.5. The number of anilines is 1. The van der Waals surface area contributed by atoms with E-state index in [9.17, 15) is 18.0 Å². The first-order valence-corrected chi connectivity index (χ1v) is 7.17. The van der Waals surface area contributed by atoms with Gasteiger partial charge < -0.3 is 19.5 Å². The molecule has 136 valence electrons. The first-order chi connectivity index (χ1) is 12.3. The maximum atomic E-state index is 12.2.